The Kier molecular flexibility index (Phi) is 4.45. The Hall–Kier alpha value is -2.51. The SMILES string of the molecule is Cc1ccc(-c2ccc(S(=O)(=O)Nc3cc(N)ccc3Cl)cc2F)o1. The molecule has 0 aliphatic rings. The Morgan fingerprint density at radius 3 is 2.52 bits per heavy atom. The quantitative estimate of drug-likeness (QED) is 0.655. The summed E-state index contributed by atoms with van der Waals surface area (Å²) < 4.78 is 47.0. The average molecular weight is 381 g/mol. The number of anilines is 2. The number of nitrogen functional groups attached to an aromatic ring is 1. The van der Waals surface area contributed by atoms with Gasteiger partial charge in [0, 0.05) is 5.69 Å². The maximum absolute atomic E-state index is 14.4. The number of hydrogen-bond acceptors (Lipinski definition) is 4. The lowest BCUT2D eigenvalue weighted by Gasteiger charge is -2.11. The first-order chi connectivity index (χ1) is 11.8. The smallest absolute Gasteiger partial charge is 0.262 e. The lowest BCUT2D eigenvalue weighted by atomic mass is 10.1. The first-order valence-corrected chi connectivity index (χ1v) is 9.06. The molecule has 0 spiro atoms. The molecule has 0 fully saturated rings. The molecule has 5 nitrogen and oxygen atoms in total. The first kappa shape index (κ1) is 17.3. The van der Waals surface area contributed by atoms with Gasteiger partial charge in [-0.2, -0.15) is 0 Å². The van der Waals surface area contributed by atoms with Crippen LogP contribution in [0.1, 0.15) is 5.76 Å². The van der Waals surface area contributed by atoms with Gasteiger partial charge in [-0.25, -0.2) is 12.8 Å². The molecule has 0 bridgehead atoms. The molecule has 3 N–H and O–H groups in total. The Morgan fingerprint density at radius 1 is 1.12 bits per heavy atom. The second-order valence-electron chi connectivity index (χ2n) is 5.40. The van der Waals surface area contributed by atoms with Crippen molar-refractivity contribution in [2.45, 2.75) is 11.8 Å². The van der Waals surface area contributed by atoms with E-state index in [1.165, 1.54) is 24.3 Å². The van der Waals surface area contributed by atoms with E-state index in [1.54, 1.807) is 25.1 Å². The van der Waals surface area contributed by atoms with E-state index in [2.05, 4.69) is 4.72 Å². The highest BCUT2D eigenvalue weighted by molar-refractivity contribution is 7.92. The summed E-state index contributed by atoms with van der Waals surface area (Å²) in [6, 6.07) is 11.3. The third kappa shape index (κ3) is 3.62. The maximum atomic E-state index is 14.4. The molecule has 25 heavy (non-hydrogen) atoms. The van der Waals surface area contributed by atoms with E-state index >= 15 is 0 Å². The molecule has 3 aromatic rings. The summed E-state index contributed by atoms with van der Waals surface area (Å²) >= 11 is 5.96. The van der Waals surface area contributed by atoms with Crippen molar-refractivity contribution in [3.05, 3.63) is 65.1 Å². The zero-order valence-electron chi connectivity index (χ0n) is 13.1. The van der Waals surface area contributed by atoms with Crippen LogP contribution in [0.3, 0.4) is 0 Å². The third-order valence-corrected chi connectivity index (χ3v) is 5.18. The standard InChI is InChI=1S/C17H14ClFN2O3S/c1-10-2-7-17(24-10)13-5-4-12(9-15(13)19)25(22,23)21-16-8-11(20)3-6-14(16)18/h2-9,21H,20H2,1H3. The van der Waals surface area contributed by atoms with Crippen molar-refractivity contribution in [1.82, 2.24) is 0 Å². The number of nitrogens with two attached hydrogens (primary N) is 1. The predicted molar refractivity (Wildman–Crippen MR) is 95.5 cm³/mol. The van der Waals surface area contributed by atoms with Crippen LogP contribution in [-0.4, -0.2) is 8.42 Å². The molecule has 130 valence electrons. The number of sulfonamides is 1. The Labute approximate surface area is 149 Å². The molecule has 3 rings (SSSR count). The van der Waals surface area contributed by atoms with E-state index in [1.807, 2.05) is 0 Å². The minimum Gasteiger partial charge on any atom is -0.461 e. The van der Waals surface area contributed by atoms with Gasteiger partial charge in [0.25, 0.3) is 10.0 Å². The highest BCUT2D eigenvalue weighted by atomic mass is 35.5. The summed E-state index contributed by atoms with van der Waals surface area (Å²) in [5, 5.41) is 0.181. The van der Waals surface area contributed by atoms with Crippen LogP contribution in [0.4, 0.5) is 15.8 Å². The molecule has 0 aliphatic carbocycles. The summed E-state index contributed by atoms with van der Waals surface area (Å²) in [6.07, 6.45) is 0. The number of rotatable bonds is 4. The van der Waals surface area contributed by atoms with E-state index in [-0.39, 0.29) is 21.2 Å². The van der Waals surface area contributed by atoms with Crippen molar-refractivity contribution in [1.29, 1.82) is 0 Å². The lowest BCUT2D eigenvalue weighted by Crippen LogP contribution is -2.13. The normalized spacial score (nSPS) is 11.5. The zero-order valence-corrected chi connectivity index (χ0v) is 14.7. The molecule has 0 atom stereocenters. The minimum atomic E-state index is -4.03. The van der Waals surface area contributed by atoms with Crippen LogP contribution in [-0.2, 0) is 10.0 Å². The van der Waals surface area contributed by atoms with Gasteiger partial charge in [0.05, 0.1) is 21.2 Å². The molecule has 1 aromatic heterocycles. The number of nitrogens with one attached hydrogen (secondary N) is 1. The fraction of sp³-hybridized carbons (Fsp3) is 0.0588. The van der Waals surface area contributed by atoms with E-state index in [4.69, 9.17) is 21.8 Å². The molecule has 0 saturated heterocycles. The predicted octanol–water partition coefficient (Wildman–Crippen LogP) is 4.43. The fourth-order valence-corrected chi connectivity index (χ4v) is 3.57. The van der Waals surface area contributed by atoms with Gasteiger partial charge in [0.1, 0.15) is 17.3 Å². The molecule has 0 amide bonds. The summed E-state index contributed by atoms with van der Waals surface area (Å²) in [4.78, 5) is -0.240. The Bertz CT molecular complexity index is 1050. The van der Waals surface area contributed by atoms with E-state index in [0.29, 0.717) is 17.2 Å². The van der Waals surface area contributed by atoms with Gasteiger partial charge in [-0.3, -0.25) is 4.72 Å². The van der Waals surface area contributed by atoms with Crippen molar-refractivity contribution < 1.29 is 17.2 Å². The molecule has 0 aliphatic heterocycles. The van der Waals surface area contributed by atoms with Gasteiger partial charge in [-0.05, 0) is 55.5 Å². The maximum Gasteiger partial charge on any atom is 0.262 e. The highest BCUT2D eigenvalue weighted by Crippen LogP contribution is 2.29. The second kappa shape index (κ2) is 6.42. The molecule has 0 saturated carbocycles. The van der Waals surface area contributed by atoms with Crippen molar-refractivity contribution in [3.63, 3.8) is 0 Å². The number of benzene rings is 2. The molecule has 8 heteroatoms. The number of furan rings is 1. The van der Waals surface area contributed by atoms with Crippen LogP contribution in [0.25, 0.3) is 11.3 Å². The first-order valence-electron chi connectivity index (χ1n) is 7.20. The van der Waals surface area contributed by atoms with Crippen molar-refractivity contribution >= 4 is 33.0 Å². The van der Waals surface area contributed by atoms with Gasteiger partial charge in [-0.1, -0.05) is 11.6 Å². The largest absolute Gasteiger partial charge is 0.461 e. The topological polar surface area (TPSA) is 85.3 Å². The fourth-order valence-electron chi connectivity index (χ4n) is 2.27. The van der Waals surface area contributed by atoms with Crippen LogP contribution in [0.2, 0.25) is 5.02 Å². The summed E-state index contributed by atoms with van der Waals surface area (Å²) in [6.45, 7) is 1.74. The third-order valence-electron chi connectivity index (χ3n) is 3.49. The molecular weight excluding hydrogens is 367 g/mol. The lowest BCUT2D eigenvalue weighted by molar-refractivity contribution is 0.540. The summed E-state index contributed by atoms with van der Waals surface area (Å²) in [7, 11) is -4.03. The second-order valence-corrected chi connectivity index (χ2v) is 7.49. The van der Waals surface area contributed by atoms with Crippen LogP contribution in [0.5, 0.6) is 0 Å². The molecule has 1 heterocycles. The van der Waals surface area contributed by atoms with Crippen molar-refractivity contribution in [2.24, 2.45) is 0 Å². The summed E-state index contributed by atoms with van der Waals surface area (Å²) in [5.41, 5.74) is 6.27. The van der Waals surface area contributed by atoms with Gasteiger partial charge < -0.3 is 10.2 Å². The van der Waals surface area contributed by atoms with E-state index in [0.717, 1.165) is 6.07 Å². The average Bonchev–Trinajstić information content (AvgIpc) is 2.97. The molecular formula is C17H14ClFN2O3S. The number of hydrogen-bond donors (Lipinski definition) is 2. The van der Waals surface area contributed by atoms with Crippen molar-refractivity contribution in [2.75, 3.05) is 10.5 Å². The zero-order chi connectivity index (χ0) is 18.2. The minimum absolute atomic E-state index is 0.118. The monoisotopic (exact) mass is 380 g/mol. The van der Waals surface area contributed by atoms with Crippen LogP contribution < -0.4 is 10.5 Å². The molecule has 2 aromatic carbocycles. The number of halogens is 2. The van der Waals surface area contributed by atoms with E-state index < -0.39 is 15.8 Å². The van der Waals surface area contributed by atoms with Gasteiger partial charge in [-0.15, -0.1) is 0 Å². The van der Waals surface area contributed by atoms with Crippen LogP contribution in [0, 0.1) is 12.7 Å². The van der Waals surface area contributed by atoms with Gasteiger partial charge in [0.15, 0.2) is 0 Å². The molecule has 0 unspecified atom stereocenters. The van der Waals surface area contributed by atoms with Gasteiger partial charge in [0.2, 0.25) is 0 Å². The Morgan fingerprint density at radius 2 is 1.88 bits per heavy atom. The van der Waals surface area contributed by atoms with Crippen LogP contribution >= 0.6 is 11.6 Å². The van der Waals surface area contributed by atoms with Crippen LogP contribution in [0.15, 0.2) is 57.8 Å². The molecule has 0 radical (unpaired) electrons. The van der Waals surface area contributed by atoms with Crippen molar-refractivity contribution in [3.8, 4) is 11.3 Å². The Balaban J connectivity index is 1.95. The highest BCUT2D eigenvalue weighted by Gasteiger charge is 2.19. The number of aryl methyl sites for hydroxylation is 1. The van der Waals surface area contributed by atoms with Gasteiger partial charge >= 0.3 is 0 Å². The summed E-state index contributed by atoms with van der Waals surface area (Å²) in [5.74, 6) is 0.241. The van der Waals surface area contributed by atoms with E-state index in [9.17, 15) is 12.8 Å².